The third-order valence-corrected chi connectivity index (χ3v) is 2.64. The Bertz CT molecular complexity index is 410. The predicted molar refractivity (Wildman–Crippen MR) is 67.7 cm³/mol. The van der Waals surface area contributed by atoms with Crippen molar-refractivity contribution in [2.24, 2.45) is 11.5 Å². The number of benzene rings is 1. The average molecular weight is 254 g/mol. The van der Waals surface area contributed by atoms with Gasteiger partial charge in [-0.1, -0.05) is 6.92 Å². The number of hydrogen-bond donors (Lipinski definition) is 2. The summed E-state index contributed by atoms with van der Waals surface area (Å²) in [6.45, 7) is 2.16. The normalized spacial score (nSPS) is 12.2. The Labute approximate surface area is 106 Å². The molecule has 1 rings (SSSR count). The maximum atomic E-state index is 13.2. The number of primary amides is 1. The van der Waals surface area contributed by atoms with Gasteiger partial charge in [0.2, 0.25) is 5.91 Å². The Hall–Kier alpha value is -1.62. The van der Waals surface area contributed by atoms with Crippen molar-refractivity contribution in [3.63, 3.8) is 0 Å². The van der Waals surface area contributed by atoms with Crippen molar-refractivity contribution in [3.8, 4) is 5.75 Å². The minimum Gasteiger partial charge on any atom is -0.493 e. The monoisotopic (exact) mass is 254 g/mol. The van der Waals surface area contributed by atoms with Crippen LogP contribution in [0.4, 0.5) is 4.39 Å². The lowest BCUT2D eigenvalue weighted by Gasteiger charge is -2.14. The SMILES string of the molecule is CCC(N)Cc1cc(F)ccc1OCCC(N)=O. The molecule has 100 valence electrons. The first-order valence-corrected chi connectivity index (χ1v) is 5.98. The lowest BCUT2D eigenvalue weighted by atomic mass is 10.0. The Morgan fingerprint density at radius 1 is 1.50 bits per heavy atom. The summed E-state index contributed by atoms with van der Waals surface area (Å²) in [4.78, 5) is 10.6. The zero-order chi connectivity index (χ0) is 13.5. The second-order valence-corrected chi connectivity index (χ2v) is 4.19. The summed E-state index contributed by atoms with van der Waals surface area (Å²) < 4.78 is 18.6. The van der Waals surface area contributed by atoms with Crippen LogP contribution in [0.1, 0.15) is 25.3 Å². The van der Waals surface area contributed by atoms with E-state index >= 15 is 0 Å². The third kappa shape index (κ3) is 4.71. The molecule has 0 fully saturated rings. The maximum Gasteiger partial charge on any atom is 0.220 e. The van der Waals surface area contributed by atoms with E-state index in [0.29, 0.717) is 17.7 Å². The smallest absolute Gasteiger partial charge is 0.220 e. The molecule has 1 atom stereocenters. The standard InChI is InChI=1S/C13H19FN2O2/c1-2-11(15)8-9-7-10(14)3-4-12(9)18-6-5-13(16)17/h3-4,7,11H,2,5-6,8,15H2,1H3,(H2,16,17). The Morgan fingerprint density at radius 3 is 2.83 bits per heavy atom. The summed E-state index contributed by atoms with van der Waals surface area (Å²) in [7, 11) is 0. The van der Waals surface area contributed by atoms with Crippen LogP contribution in [0.25, 0.3) is 0 Å². The van der Waals surface area contributed by atoms with Gasteiger partial charge in [0.25, 0.3) is 0 Å². The molecule has 1 aromatic rings. The van der Waals surface area contributed by atoms with Crippen LogP contribution >= 0.6 is 0 Å². The summed E-state index contributed by atoms with van der Waals surface area (Å²) in [5.74, 6) is -0.193. The summed E-state index contributed by atoms with van der Waals surface area (Å²) in [6, 6.07) is 4.24. The quantitative estimate of drug-likeness (QED) is 0.771. The van der Waals surface area contributed by atoms with Gasteiger partial charge in [-0.2, -0.15) is 0 Å². The van der Waals surface area contributed by atoms with Crippen LogP contribution < -0.4 is 16.2 Å². The highest BCUT2D eigenvalue weighted by Gasteiger charge is 2.09. The largest absolute Gasteiger partial charge is 0.493 e. The molecule has 0 aromatic heterocycles. The first-order chi connectivity index (χ1) is 8.52. The van der Waals surface area contributed by atoms with Crippen LogP contribution in [0, 0.1) is 5.82 Å². The summed E-state index contributed by atoms with van der Waals surface area (Å²) >= 11 is 0. The second kappa shape index (κ2) is 6.96. The number of halogens is 1. The van der Waals surface area contributed by atoms with Crippen molar-refractivity contribution in [1.82, 2.24) is 0 Å². The van der Waals surface area contributed by atoms with E-state index in [1.165, 1.54) is 12.1 Å². The molecule has 0 aliphatic heterocycles. The van der Waals surface area contributed by atoms with E-state index in [-0.39, 0.29) is 24.9 Å². The van der Waals surface area contributed by atoms with Gasteiger partial charge in [0, 0.05) is 6.04 Å². The van der Waals surface area contributed by atoms with E-state index in [9.17, 15) is 9.18 Å². The van der Waals surface area contributed by atoms with Crippen LogP contribution in [0.5, 0.6) is 5.75 Å². The summed E-state index contributed by atoms with van der Waals surface area (Å²) in [5, 5.41) is 0. The van der Waals surface area contributed by atoms with Gasteiger partial charge in [0.05, 0.1) is 13.0 Å². The van der Waals surface area contributed by atoms with E-state index in [0.717, 1.165) is 6.42 Å². The summed E-state index contributed by atoms with van der Waals surface area (Å²) in [6.07, 6.45) is 1.48. The van der Waals surface area contributed by atoms with Crippen molar-refractivity contribution in [3.05, 3.63) is 29.6 Å². The van der Waals surface area contributed by atoms with Crippen LogP contribution in [-0.2, 0) is 11.2 Å². The summed E-state index contributed by atoms with van der Waals surface area (Å²) in [5.41, 5.74) is 11.6. The molecule has 0 bridgehead atoms. The highest BCUT2D eigenvalue weighted by atomic mass is 19.1. The van der Waals surface area contributed by atoms with Crippen molar-refractivity contribution in [2.75, 3.05) is 6.61 Å². The third-order valence-electron chi connectivity index (χ3n) is 2.64. The maximum absolute atomic E-state index is 13.2. The van der Waals surface area contributed by atoms with Gasteiger partial charge in [-0.25, -0.2) is 4.39 Å². The molecule has 0 heterocycles. The molecule has 18 heavy (non-hydrogen) atoms. The van der Waals surface area contributed by atoms with Crippen molar-refractivity contribution >= 4 is 5.91 Å². The van der Waals surface area contributed by atoms with Gasteiger partial charge < -0.3 is 16.2 Å². The topological polar surface area (TPSA) is 78.3 Å². The minimum absolute atomic E-state index is 0.0368. The number of amides is 1. The van der Waals surface area contributed by atoms with E-state index in [1.54, 1.807) is 6.07 Å². The fraction of sp³-hybridized carbons (Fsp3) is 0.462. The van der Waals surface area contributed by atoms with Gasteiger partial charge in [0.1, 0.15) is 11.6 Å². The zero-order valence-electron chi connectivity index (χ0n) is 10.5. The van der Waals surface area contributed by atoms with E-state index in [1.807, 2.05) is 6.92 Å². The highest BCUT2D eigenvalue weighted by molar-refractivity contribution is 5.73. The van der Waals surface area contributed by atoms with Gasteiger partial charge in [-0.3, -0.25) is 4.79 Å². The fourth-order valence-corrected chi connectivity index (χ4v) is 1.54. The number of ether oxygens (including phenoxy) is 1. The Balaban J connectivity index is 2.72. The molecule has 4 N–H and O–H groups in total. The van der Waals surface area contributed by atoms with Crippen LogP contribution in [0.2, 0.25) is 0 Å². The first-order valence-electron chi connectivity index (χ1n) is 5.98. The minimum atomic E-state index is -0.427. The average Bonchev–Trinajstić information content (AvgIpc) is 2.31. The van der Waals surface area contributed by atoms with Crippen molar-refractivity contribution in [2.45, 2.75) is 32.2 Å². The molecule has 0 saturated carbocycles. The zero-order valence-corrected chi connectivity index (χ0v) is 10.5. The molecular formula is C13H19FN2O2. The lowest BCUT2D eigenvalue weighted by Crippen LogP contribution is -2.22. The lowest BCUT2D eigenvalue weighted by molar-refractivity contribution is -0.118. The fourth-order valence-electron chi connectivity index (χ4n) is 1.54. The van der Waals surface area contributed by atoms with Gasteiger partial charge in [-0.05, 0) is 36.6 Å². The van der Waals surface area contributed by atoms with Crippen LogP contribution in [0.3, 0.4) is 0 Å². The molecule has 0 radical (unpaired) electrons. The van der Waals surface area contributed by atoms with Crippen LogP contribution in [0.15, 0.2) is 18.2 Å². The molecular weight excluding hydrogens is 235 g/mol. The van der Waals surface area contributed by atoms with Gasteiger partial charge >= 0.3 is 0 Å². The van der Waals surface area contributed by atoms with E-state index in [4.69, 9.17) is 16.2 Å². The Morgan fingerprint density at radius 2 is 2.22 bits per heavy atom. The molecule has 1 unspecified atom stereocenters. The molecule has 0 aliphatic carbocycles. The number of carbonyl (C=O) groups excluding carboxylic acids is 1. The Kier molecular flexibility index (Phi) is 5.58. The molecule has 4 nitrogen and oxygen atoms in total. The number of rotatable bonds is 7. The molecule has 0 spiro atoms. The first kappa shape index (κ1) is 14.4. The van der Waals surface area contributed by atoms with Crippen molar-refractivity contribution in [1.29, 1.82) is 0 Å². The molecule has 5 heteroatoms. The van der Waals surface area contributed by atoms with Gasteiger partial charge in [0.15, 0.2) is 0 Å². The number of carbonyl (C=O) groups is 1. The number of hydrogen-bond acceptors (Lipinski definition) is 3. The van der Waals surface area contributed by atoms with E-state index < -0.39 is 5.91 Å². The number of nitrogens with two attached hydrogens (primary N) is 2. The predicted octanol–water partition coefficient (Wildman–Crippen LogP) is 1.36. The molecule has 1 aromatic carbocycles. The molecule has 0 saturated heterocycles. The van der Waals surface area contributed by atoms with Crippen LogP contribution in [-0.4, -0.2) is 18.6 Å². The van der Waals surface area contributed by atoms with Gasteiger partial charge in [-0.15, -0.1) is 0 Å². The highest BCUT2D eigenvalue weighted by Crippen LogP contribution is 2.21. The van der Waals surface area contributed by atoms with Crippen molar-refractivity contribution < 1.29 is 13.9 Å². The van der Waals surface area contributed by atoms with E-state index in [2.05, 4.69) is 0 Å². The molecule has 0 aliphatic rings. The second-order valence-electron chi connectivity index (χ2n) is 4.19. The molecule has 1 amide bonds.